The van der Waals surface area contributed by atoms with Gasteiger partial charge in [-0.15, -0.1) is 0 Å². The fraction of sp³-hybridized carbons (Fsp3) is 0.625. The number of nitrogens with two attached hydrogens (primary N) is 1. The minimum atomic E-state index is -1.01. The predicted molar refractivity (Wildman–Crippen MR) is 77.5 cm³/mol. The maximum Gasteiger partial charge on any atom is 0.242 e. The number of rotatable bonds is 5. The molecule has 2 aliphatic carbocycles. The molecule has 114 valence electrons. The van der Waals surface area contributed by atoms with Gasteiger partial charge in [-0.2, -0.15) is 0 Å². The van der Waals surface area contributed by atoms with Crippen LogP contribution in [0.4, 0.5) is 0 Å². The first-order chi connectivity index (χ1) is 9.79. The van der Waals surface area contributed by atoms with Gasteiger partial charge in [0.1, 0.15) is 17.1 Å². The Hall–Kier alpha value is -1.78. The Morgan fingerprint density at radius 3 is 2.33 bits per heavy atom. The van der Waals surface area contributed by atoms with Crippen molar-refractivity contribution < 1.29 is 14.0 Å². The summed E-state index contributed by atoms with van der Waals surface area (Å²) in [6, 6.07) is 4.02. The van der Waals surface area contributed by atoms with Gasteiger partial charge in [0.2, 0.25) is 11.8 Å². The molecule has 2 fully saturated rings. The second-order valence-electron chi connectivity index (χ2n) is 6.99. The van der Waals surface area contributed by atoms with Crippen LogP contribution in [0.3, 0.4) is 0 Å². The van der Waals surface area contributed by atoms with Crippen LogP contribution in [0.2, 0.25) is 0 Å². The van der Waals surface area contributed by atoms with Crippen molar-refractivity contribution in [3.63, 3.8) is 0 Å². The van der Waals surface area contributed by atoms with E-state index in [9.17, 15) is 9.59 Å². The molecular weight excluding hydrogens is 268 g/mol. The third kappa shape index (κ3) is 2.69. The molecule has 1 heterocycles. The third-order valence-corrected chi connectivity index (χ3v) is 4.67. The van der Waals surface area contributed by atoms with Crippen molar-refractivity contribution in [3.8, 4) is 0 Å². The molecule has 0 bridgehead atoms. The van der Waals surface area contributed by atoms with Crippen molar-refractivity contribution in [2.45, 2.75) is 51.0 Å². The molecule has 0 spiro atoms. The molecule has 21 heavy (non-hydrogen) atoms. The van der Waals surface area contributed by atoms with Crippen molar-refractivity contribution in [2.75, 3.05) is 0 Å². The number of primary amides is 1. The molecule has 1 aromatic heterocycles. The summed E-state index contributed by atoms with van der Waals surface area (Å²) in [6.45, 7) is 5.44. The molecule has 1 aromatic rings. The van der Waals surface area contributed by atoms with E-state index in [-0.39, 0.29) is 17.7 Å². The Labute approximate surface area is 124 Å². The van der Waals surface area contributed by atoms with E-state index in [0.717, 1.165) is 17.9 Å². The molecule has 5 nitrogen and oxygen atoms in total. The predicted octanol–water partition coefficient (Wildman–Crippen LogP) is 1.89. The second-order valence-corrected chi connectivity index (χ2v) is 6.99. The zero-order valence-corrected chi connectivity index (χ0v) is 12.7. The van der Waals surface area contributed by atoms with Gasteiger partial charge in [-0.05, 0) is 44.7 Å². The van der Waals surface area contributed by atoms with E-state index in [0.29, 0.717) is 11.8 Å². The van der Waals surface area contributed by atoms with Gasteiger partial charge in [0, 0.05) is 17.8 Å². The molecule has 0 radical (unpaired) electrons. The molecule has 4 atom stereocenters. The molecule has 3 rings (SSSR count). The van der Waals surface area contributed by atoms with Crippen molar-refractivity contribution >= 4 is 11.8 Å². The first-order valence-corrected chi connectivity index (χ1v) is 7.51. The molecular formula is C16H22N2O3. The summed E-state index contributed by atoms with van der Waals surface area (Å²) >= 11 is 0. The fourth-order valence-electron chi connectivity index (χ4n) is 2.75. The lowest BCUT2D eigenvalue weighted by Gasteiger charge is -2.22. The zero-order chi connectivity index (χ0) is 15.4. The molecule has 2 aliphatic rings. The van der Waals surface area contributed by atoms with Crippen LogP contribution >= 0.6 is 0 Å². The highest BCUT2D eigenvalue weighted by Crippen LogP contribution is 2.52. The first kappa shape index (κ1) is 14.2. The Morgan fingerprint density at radius 2 is 1.81 bits per heavy atom. The van der Waals surface area contributed by atoms with Crippen LogP contribution in [-0.2, 0) is 9.59 Å². The van der Waals surface area contributed by atoms with Gasteiger partial charge in [0.25, 0.3) is 0 Å². The first-order valence-electron chi connectivity index (χ1n) is 7.51. The van der Waals surface area contributed by atoms with Crippen LogP contribution < -0.4 is 11.1 Å². The van der Waals surface area contributed by atoms with Crippen LogP contribution in [-0.4, -0.2) is 17.4 Å². The molecule has 0 aliphatic heterocycles. The van der Waals surface area contributed by atoms with E-state index in [4.69, 9.17) is 10.2 Å². The number of furan rings is 1. The maximum absolute atomic E-state index is 12.2. The van der Waals surface area contributed by atoms with Crippen molar-refractivity contribution in [3.05, 3.63) is 23.7 Å². The average molecular weight is 290 g/mol. The molecule has 2 amide bonds. The summed E-state index contributed by atoms with van der Waals surface area (Å²) in [6.07, 6.45) is 1.96. The monoisotopic (exact) mass is 290 g/mol. The van der Waals surface area contributed by atoms with Crippen LogP contribution in [0.25, 0.3) is 0 Å². The Morgan fingerprint density at radius 1 is 1.24 bits per heavy atom. The van der Waals surface area contributed by atoms with Gasteiger partial charge in [-0.1, -0.05) is 6.92 Å². The second kappa shape index (κ2) is 4.61. The highest BCUT2D eigenvalue weighted by Gasteiger charge is 2.48. The highest BCUT2D eigenvalue weighted by atomic mass is 16.3. The van der Waals surface area contributed by atoms with Crippen molar-refractivity contribution in [1.82, 2.24) is 5.32 Å². The molecule has 2 saturated carbocycles. The van der Waals surface area contributed by atoms with Crippen molar-refractivity contribution in [2.24, 2.45) is 17.6 Å². The summed E-state index contributed by atoms with van der Waals surface area (Å²) < 4.78 is 5.89. The summed E-state index contributed by atoms with van der Waals surface area (Å²) in [7, 11) is 0. The SMILES string of the molecule is CC1CC1c1ccc(C2CC2C(=O)NC(C)(C)C(N)=O)o1. The number of carbonyl (C=O) groups excluding carboxylic acids is 2. The van der Waals surface area contributed by atoms with E-state index in [2.05, 4.69) is 12.2 Å². The van der Waals surface area contributed by atoms with Gasteiger partial charge in [-0.3, -0.25) is 9.59 Å². The lowest BCUT2D eigenvalue weighted by atomic mass is 10.0. The number of carbonyl (C=O) groups is 2. The van der Waals surface area contributed by atoms with Crippen LogP contribution in [0, 0.1) is 11.8 Å². The van der Waals surface area contributed by atoms with E-state index in [1.807, 2.05) is 12.1 Å². The summed E-state index contributed by atoms with van der Waals surface area (Å²) in [5, 5.41) is 2.71. The summed E-state index contributed by atoms with van der Waals surface area (Å²) in [5.41, 5.74) is 4.26. The Balaban J connectivity index is 1.60. The largest absolute Gasteiger partial charge is 0.465 e. The molecule has 4 unspecified atom stereocenters. The lowest BCUT2D eigenvalue weighted by molar-refractivity contribution is -0.131. The standard InChI is InChI=1S/C16H22N2O3/c1-8-6-9(8)12-4-5-13(21-12)10-7-11(10)14(19)18-16(2,3)15(17)20/h4-5,8-11H,6-7H2,1-3H3,(H2,17,20)(H,18,19). The number of hydrogen-bond acceptors (Lipinski definition) is 3. The molecule has 0 aromatic carbocycles. The molecule has 0 saturated heterocycles. The summed E-state index contributed by atoms with van der Waals surface area (Å²) in [4.78, 5) is 23.4. The van der Waals surface area contributed by atoms with Gasteiger partial charge >= 0.3 is 0 Å². The zero-order valence-electron chi connectivity index (χ0n) is 12.7. The normalized spacial score (nSPS) is 30.8. The molecule has 5 heteroatoms. The number of nitrogens with one attached hydrogen (secondary N) is 1. The Kier molecular flexibility index (Phi) is 3.11. The average Bonchev–Trinajstić information content (AvgIpc) is 3.28. The lowest BCUT2D eigenvalue weighted by Crippen LogP contribution is -2.53. The van der Waals surface area contributed by atoms with E-state index in [1.165, 1.54) is 6.42 Å². The highest BCUT2D eigenvalue weighted by molar-refractivity contribution is 5.91. The topological polar surface area (TPSA) is 85.3 Å². The van der Waals surface area contributed by atoms with Crippen LogP contribution in [0.15, 0.2) is 16.5 Å². The number of hydrogen-bond donors (Lipinski definition) is 2. The quantitative estimate of drug-likeness (QED) is 0.868. The molecule has 3 N–H and O–H groups in total. The number of amides is 2. The van der Waals surface area contributed by atoms with Crippen molar-refractivity contribution in [1.29, 1.82) is 0 Å². The van der Waals surface area contributed by atoms with Gasteiger partial charge in [0.15, 0.2) is 0 Å². The van der Waals surface area contributed by atoms with Crippen LogP contribution in [0.5, 0.6) is 0 Å². The minimum Gasteiger partial charge on any atom is -0.465 e. The third-order valence-electron chi connectivity index (χ3n) is 4.67. The van der Waals surface area contributed by atoms with Crippen LogP contribution in [0.1, 0.15) is 57.0 Å². The maximum atomic E-state index is 12.2. The van der Waals surface area contributed by atoms with E-state index in [1.54, 1.807) is 13.8 Å². The van der Waals surface area contributed by atoms with Gasteiger partial charge in [-0.25, -0.2) is 0 Å². The van der Waals surface area contributed by atoms with E-state index >= 15 is 0 Å². The fourth-order valence-corrected chi connectivity index (χ4v) is 2.75. The summed E-state index contributed by atoms with van der Waals surface area (Å²) in [5.74, 6) is 2.56. The smallest absolute Gasteiger partial charge is 0.242 e. The minimum absolute atomic E-state index is 0.112. The Bertz CT molecular complexity index is 590. The van der Waals surface area contributed by atoms with E-state index < -0.39 is 11.4 Å². The van der Waals surface area contributed by atoms with Gasteiger partial charge in [0.05, 0.1) is 0 Å². The van der Waals surface area contributed by atoms with Gasteiger partial charge < -0.3 is 15.5 Å².